The van der Waals surface area contributed by atoms with E-state index in [4.69, 9.17) is 4.74 Å². The molecule has 0 radical (unpaired) electrons. The Morgan fingerprint density at radius 1 is 1.45 bits per heavy atom. The van der Waals surface area contributed by atoms with Crippen molar-refractivity contribution >= 4 is 23.6 Å². The van der Waals surface area contributed by atoms with Crippen LogP contribution in [0.5, 0.6) is 5.75 Å². The number of rotatable bonds is 5. The quantitative estimate of drug-likeness (QED) is 0.678. The van der Waals surface area contributed by atoms with Crippen molar-refractivity contribution in [2.45, 2.75) is 19.3 Å². The molecule has 0 saturated heterocycles. The predicted molar refractivity (Wildman–Crippen MR) is 86.0 cm³/mol. The molecule has 5 nitrogen and oxygen atoms in total. The van der Waals surface area contributed by atoms with Crippen molar-refractivity contribution in [3.8, 4) is 5.75 Å². The van der Waals surface area contributed by atoms with Crippen LogP contribution < -0.4 is 10.1 Å². The fourth-order valence-corrected chi connectivity index (χ4v) is 2.35. The molecule has 1 N–H and O–H groups in total. The van der Waals surface area contributed by atoms with E-state index < -0.39 is 0 Å². The van der Waals surface area contributed by atoms with Crippen LogP contribution in [0.25, 0.3) is 6.08 Å². The van der Waals surface area contributed by atoms with E-state index in [1.807, 2.05) is 31.4 Å². The summed E-state index contributed by atoms with van der Waals surface area (Å²) in [6, 6.07) is 7.36. The van der Waals surface area contributed by atoms with Gasteiger partial charge in [-0.3, -0.25) is 9.48 Å². The first-order valence-corrected chi connectivity index (χ1v) is 7.40. The summed E-state index contributed by atoms with van der Waals surface area (Å²) in [7, 11) is 1.86. The molecule has 0 aliphatic heterocycles. The number of hydrogen-bond acceptors (Lipinski definition) is 4. The highest BCUT2D eigenvalue weighted by Gasteiger charge is 2.27. The normalized spacial score (nSPS) is 14.2. The van der Waals surface area contributed by atoms with Crippen LogP contribution in [0.1, 0.15) is 24.8 Å². The number of ether oxygens (including phenoxy) is 1. The second kappa shape index (κ2) is 6.05. The molecule has 0 unspecified atom stereocenters. The van der Waals surface area contributed by atoms with Crippen LogP contribution in [0.2, 0.25) is 0 Å². The first-order valence-electron chi connectivity index (χ1n) is 7.40. The van der Waals surface area contributed by atoms with E-state index in [0.717, 1.165) is 36.3 Å². The van der Waals surface area contributed by atoms with Gasteiger partial charge in [0.05, 0.1) is 5.92 Å². The molecule has 3 rings (SSSR count). The van der Waals surface area contributed by atoms with Crippen molar-refractivity contribution in [2.75, 3.05) is 5.32 Å². The van der Waals surface area contributed by atoms with Gasteiger partial charge in [-0.25, -0.2) is 0 Å². The number of hydrogen-bond donors (Lipinski definition) is 1. The van der Waals surface area contributed by atoms with Crippen molar-refractivity contribution in [1.82, 2.24) is 9.78 Å². The van der Waals surface area contributed by atoms with Crippen LogP contribution in [0.3, 0.4) is 0 Å². The Balaban J connectivity index is 1.74. The van der Waals surface area contributed by atoms with E-state index in [1.54, 1.807) is 16.8 Å². The number of carbonyl (C=O) groups is 1. The van der Waals surface area contributed by atoms with Gasteiger partial charge in [0.1, 0.15) is 5.75 Å². The smallest absolute Gasteiger partial charge is 0.314 e. The second-order valence-corrected chi connectivity index (χ2v) is 5.50. The highest BCUT2D eigenvalue weighted by atomic mass is 16.5. The number of nitrogens with one attached hydrogen (secondary N) is 1. The summed E-state index contributed by atoms with van der Waals surface area (Å²) >= 11 is 0. The fourth-order valence-electron chi connectivity index (χ4n) is 2.35. The maximum Gasteiger partial charge on any atom is 0.314 e. The third-order valence-corrected chi connectivity index (χ3v) is 3.88. The molecule has 1 aromatic heterocycles. The van der Waals surface area contributed by atoms with Gasteiger partial charge >= 0.3 is 5.97 Å². The lowest BCUT2D eigenvalue weighted by molar-refractivity contribution is -0.141. The molecule has 5 heteroatoms. The van der Waals surface area contributed by atoms with Gasteiger partial charge in [0, 0.05) is 30.6 Å². The van der Waals surface area contributed by atoms with Gasteiger partial charge in [-0.2, -0.15) is 5.10 Å². The first kappa shape index (κ1) is 14.4. The van der Waals surface area contributed by atoms with Crippen LogP contribution in [0.15, 0.2) is 37.0 Å². The summed E-state index contributed by atoms with van der Waals surface area (Å²) in [5.41, 5.74) is 1.74. The predicted octanol–water partition coefficient (Wildman–Crippen LogP) is 3.51. The SMILES string of the molecule is C=Cc1cc(OC(=O)C2CCC2)ccc1Nc1ccn(C)n1. The minimum absolute atomic E-state index is 0.0681. The van der Waals surface area contributed by atoms with Crippen LogP contribution in [0, 0.1) is 5.92 Å². The molecule has 0 atom stereocenters. The molecule has 1 aliphatic rings. The zero-order chi connectivity index (χ0) is 15.5. The number of aromatic nitrogens is 2. The molecular formula is C17H19N3O2. The lowest BCUT2D eigenvalue weighted by atomic mass is 9.86. The number of esters is 1. The average Bonchev–Trinajstić information content (AvgIpc) is 2.84. The number of nitrogens with zero attached hydrogens (tertiary/aromatic N) is 2. The van der Waals surface area contributed by atoms with Crippen molar-refractivity contribution in [3.63, 3.8) is 0 Å². The number of carbonyl (C=O) groups excluding carboxylic acids is 1. The van der Waals surface area contributed by atoms with Gasteiger partial charge in [-0.05, 0) is 31.0 Å². The molecule has 0 spiro atoms. The lowest BCUT2D eigenvalue weighted by Gasteiger charge is -2.23. The zero-order valence-electron chi connectivity index (χ0n) is 12.6. The maximum absolute atomic E-state index is 11.9. The third-order valence-electron chi connectivity index (χ3n) is 3.88. The molecule has 1 saturated carbocycles. The molecule has 1 heterocycles. The Bertz CT molecular complexity index is 702. The highest BCUT2D eigenvalue weighted by Crippen LogP contribution is 2.30. The monoisotopic (exact) mass is 297 g/mol. The van der Waals surface area contributed by atoms with Gasteiger partial charge in [-0.1, -0.05) is 19.1 Å². The first-order chi connectivity index (χ1) is 10.7. The fraction of sp³-hybridized carbons (Fsp3) is 0.294. The largest absolute Gasteiger partial charge is 0.426 e. The van der Waals surface area contributed by atoms with Gasteiger partial charge in [0.25, 0.3) is 0 Å². The molecule has 1 fully saturated rings. The molecule has 0 bridgehead atoms. The Morgan fingerprint density at radius 3 is 2.86 bits per heavy atom. The van der Waals surface area contributed by atoms with Crippen LogP contribution in [-0.4, -0.2) is 15.7 Å². The molecule has 1 aliphatic carbocycles. The topological polar surface area (TPSA) is 56.1 Å². The average molecular weight is 297 g/mol. The van der Waals surface area contributed by atoms with Crippen molar-refractivity contribution in [3.05, 3.63) is 42.6 Å². The molecule has 22 heavy (non-hydrogen) atoms. The maximum atomic E-state index is 11.9. The van der Waals surface area contributed by atoms with Gasteiger partial charge in [0.15, 0.2) is 5.82 Å². The van der Waals surface area contributed by atoms with Gasteiger partial charge < -0.3 is 10.1 Å². The molecule has 114 valence electrons. The van der Waals surface area contributed by atoms with Gasteiger partial charge in [0.2, 0.25) is 0 Å². The molecular weight excluding hydrogens is 278 g/mol. The van der Waals surface area contributed by atoms with E-state index >= 15 is 0 Å². The number of anilines is 2. The molecule has 2 aromatic rings. The van der Waals surface area contributed by atoms with Crippen LogP contribution >= 0.6 is 0 Å². The summed E-state index contributed by atoms with van der Waals surface area (Å²) in [6.45, 7) is 3.82. The molecule has 1 aromatic carbocycles. The minimum Gasteiger partial charge on any atom is -0.426 e. The zero-order valence-corrected chi connectivity index (χ0v) is 12.6. The number of benzene rings is 1. The Labute approximate surface area is 129 Å². The Hall–Kier alpha value is -2.56. The van der Waals surface area contributed by atoms with E-state index in [0.29, 0.717) is 5.75 Å². The minimum atomic E-state index is -0.133. The van der Waals surface area contributed by atoms with Crippen molar-refractivity contribution < 1.29 is 9.53 Å². The van der Waals surface area contributed by atoms with Gasteiger partial charge in [-0.15, -0.1) is 0 Å². The van der Waals surface area contributed by atoms with E-state index in [-0.39, 0.29) is 11.9 Å². The summed E-state index contributed by atoms with van der Waals surface area (Å²) in [5.74, 6) is 1.24. The van der Waals surface area contributed by atoms with Crippen molar-refractivity contribution in [2.24, 2.45) is 13.0 Å². The van der Waals surface area contributed by atoms with E-state index in [2.05, 4.69) is 17.0 Å². The second-order valence-electron chi connectivity index (χ2n) is 5.50. The third kappa shape index (κ3) is 3.03. The highest BCUT2D eigenvalue weighted by molar-refractivity contribution is 5.77. The Kier molecular flexibility index (Phi) is 3.96. The van der Waals surface area contributed by atoms with E-state index in [1.165, 1.54) is 0 Å². The summed E-state index contributed by atoms with van der Waals surface area (Å²) in [6.07, 6.45) is 6.58. The van der Waals surface area contributed by atoms with Crippen LogP contribution in [-0.2, 0) is 11.8 Å². The van der Waals surface area contributed by atoms with E-state index in [9.17, 15) is 4.79 Å². The standard InChI is InChI=1S/C17H19N3O2/c1-3-12-11-14(22-17(21)13-5-4-6-13)7-8-15(12)18-16-9-10-20(2)19-16/h3,7-11,13H,1,4-6H2,2H3,(H,18,19). The number of aryl methyl sites for hydroxylation is 1. The van der Waals surface area contributed by atoms with Crippen LogP contribution in [0.4, 0.5) is 11.5 Å². The van der Waals surface area contributed by atoms with Crippen molar-refractivity contribution in [1.29, 1.82) is 0 Å². The molecule has 0 amide bonds. The Morgan fingerprint density at radius 2 is 2.27 bits per heavy atom. The summed E-state index contributed by atoms with van der Waals surface area (Å²) in [4.78, 5) is 11.9. The summed E-state index contributed by atoms with van der Waals surface area (Å²) in [5, 5.41) is 7.51. The lowest BCUT2D eigenvalue weighted by Crippen LogP contribution is -2.26. The summed E-state index contributed by atoms with van der Waals surface area (Å²) < 4.78 is 7.16.